The topological polar surface area (TPSA) is 128 Å². The Balaban J connectivity index is 2.05. The monoisotopic (exact) mass is 581 g/mol. The summed E-state index contributed by atoms with van der Waals surface area (Å²) in [5.41, 5.74) is 1.43. The van der Waals surface area contributed by atoms with Gasteiger partial charge in [0.15, 0.2) is 0 Å². The lowest BCUT2D eigenvalue weighted by Crippen LogP contribution is -2.53. The van der Waals surface area contributed by atoms with Crippen molar-refractivity contribution >= 4 is 35.2 Å². The number of aryl methyl sites for hydroxylation is 1. The van der Waals surface area contributed by atoms with Gasteiger partial charge in [-0.05, 0) is 62.6 Å². The van der Waals surface area contributed by atoms with E-state index in [1.807, 2.05) is 30.3 Å². The van der Waals surface area contributed by atoms with Gasteiger partial charge in [0.05, 0.1) is 17.3 Å². The van der Waals surface area contributed by atoms with E-state index in [1.54, 1.807) is 45.9 Å². The first-order chi connectivity index (χ1) is 19.4. The second-order valence-electron chi connectivity index (χ2n) is 10.6. The van der Waals surface area contributed by atoms with Crippen molar-refractivity contribution in [1.82, 2.24) is 10.2 Å². The van der Waals surface area contributed by atoms with Gasteiger partial charge in [-0.2, -0.15) is 0 Å². The highest BCUT2D eigenvalue weighted by molar-refractivity contribution is 6.34. The number of aliphatic hydroxyl groups is 1. The Hall–Kier alpha value is -4.08. The molecule has 2 atom stereocenters. The van der Waals surface area contributed by atoms with Crippen molar-refractivity contribution in [3.05, 3.63) is 94.5 Å². The van der Waals surface area contributed by atoms with E-state index in [2.05, 4.69) is 10.6 Å². The van der Waals surface area contributed by atoms with Crippen molar-refractivity contribution in [2.75, 3.05) is 18.5 Å². The van der Waals surface area contributed by atoms with Gasteiger partial charge in [0, 0.05) is 13.0 Å². The number of rotatable bonds is 10. The van der Waals surface area contributed by atoms with Crippen molar-refractivity contribution in [2.45, 2.75) is 51.8 Å². The first-order valence-electron chi connectivity index (χ1n) is 13.2. The van der Waals surface area contributed by atoms with Gasteiger partial charge in [0.2, 0.25) is 5.91 Å². The van der Waals surface area contributed by atoms with E-state index in [9.17, 15) is 24.6 Å². The van der Waals surface area contributed by atoms with E-state index < -0.39 is 42.2 Å². The molecule has 0 spiro atoms. The Morgan fingerprint density at radius 1 is 0.976 bits per heavy atom. The largest absolute Gasteiger partial charge is 0.508 e. The van der Waals surface area contributed by atoms with Crippen LogP contribution in [0.2, 0.25) is 5.02 Å². The van der Waals surface area contributed by atoms with Crippen LogP contribution >= 0.6 is 11.6 Å². The molecular formula is C31H36ClN3O6. The average molecular weight is 582 g/mol. The molecule has 9 nitrogen and oxygen atoms in total. The van der Waals surface area contributed by atoms with E-state index in [4.69, 9.17) is 16.3 Å². The third kappa shape index (κ3) is 8.96. The summed E-state index contributed by atoms with van der Waals surface area (Å²) < 4.78 is 5.41. The fraction of sp³-hybridized carbons (Fsp3) is 0.323. The SMILES string of the molecule is Cc1cccc(Cl)c1NC(=O)C(c1ccc(O)cc1)N(CCO)C(=O)C(Cc1ccccc1)NC(=O)OC(C)(C)C. The molecule has 0 saturated carbocycles. The number of hydrogen-bond donors (Lipinski definition) is 4. The number of anilines is 1. The van der Waals surface area contributed by atoms with Gasteiger partial charge in [0.1, 0.15) is 23.4 Å². The van der Waals surface area contributed by atoms with E-state index in [-0.39, 0.29) is 18.7 Å². The smallest absolute Gasteiger partial charge is 0.408 e. The highest BCUT2D eigenvalue weighted by atomic mass is 35.5. The van der Waals surface area contributed by atoms with Gasteiger partial charge in [-0.15, -0.1) is 0 Å². The van der Waals surface area contributed by atoms with E-state index >= 15 is 0 Å². The summed E-state index contributed by atoms with van der Waals surface area (Å²) in [7, 11) is 0. The third-order valence-electron chi connectivity index (χ3n) is 6.13. The summed E-state index contributed by atoms with van der Waals surface area (Å²) in [6.07, 6.45) is -0.693. The fourth-order valence-electron chi connectivity index (χ4n) is 4.29. The molecule has 0 aliphatic rings. The fourth-order valence-corrected chi connectivity index (χ4v) is 4.55. The molecule has 41 heavy (non-hydrogen) atoms. The molecule has 3 aromatic carbocycles. The number of phenolic OH excluding ortho intramolecular Hbond substituents is 1. The summed E-state index contributed by atoms with van der Waals surface area (Å²) in [5.74, 6) is -1.23. The maximum absolute atomic E-state index is 14.2. The molecule has 4 N–H and O–H groups in total. The van der Waals surface area contributed by atoms with Gasteiger partial charge >= 0.3 is 6.09 Å². The molecule has 218 valence electrons. The lowest BCUT2D eigenvalue weighted by molar-refractivity contribution is -0.141. The predicted molar refractivity (Wildman–Crippen MR) is 158 cm³/mol. The van der Waals surface area contributed by atoms with Crippen LogP contribution in [0, 0.1) is 6.92 Å². The number of aliphatic hydroxyl groups excluding tert-OH is 1. The lowest BCUT2D eigenvalue weighted by atomic mass is 10.00. The number of ether oxygens (including phenoxy) is 1. The van der Waals surface area contributed by atoms with Gasteiger partial charge in [-0.3, -0.25) is 9.59 Å². The Bertz CT molecular complexity index is 1320. The molecule has 3 amide bonds. The number of para-hydroxylation sites is 1. The Morgan fingerprint density at radius 3 is 2.22 bits per heavy atom. The van der Waals surface area contributed by atoms with E-state index in [1.165, 1.54) is 29.2 Å². The number of carbonyl (C=O) groups is 3. The second-order valence-corrected chi connectivity index (χ2v) is 11.0. The van der Waals surface area contributed by atoms with Crippen molar-refractivity contribution < 1.29 is 29.3 Å². The number of aromatic hydroxyl groups is 1. The van der Waals surface area contributed by atoms with E-state index in [0.29, 0.717) is 21.8 Å². The zero-order valence-electron chi connectivity index (χ0n) is 23.6. The maximum Gasteiger partial charge on any atom is 0.408 e. The van der Waals surface area contributed by atoms with Gasteiger partial charge in [-0.25, -0.2) is 4.79 Å². The molecular weight excluding hydrogens is 546 g/mol. The van der Waals surface area contributed by atoms with Crippen molar-refractivity contribution in [2.24, 2.45) is 0 Å². The zero-order valence-corrected chi connectivity index (χ0v) is 24.3. The van der Waals surface area contributed by atoms with Gasteiger partial charge < -0.3 is 30.5 Å². The minimum Gasteiger partial charge on any atom is -0.508 e. The number of halogens is 1. The van der Waals surface area contributed by atoms with Crippen molar-refractivity contribution in [3.8, 4) is 5.75 Å². The van der Waals surface area contributed by atoms with Crippen LogP contribution in [0.3, 0.4) is 0 Å². The zero-order chi connectivity index (χ0) is 30.2. The van der Waals surface area contributed by atoms with Crippen LogP contribution in [0.1, 0.15) is 43.5 Å². The second kappa shape index (κ2) is 14.0. The van der Waals surface area contributed by atoms with E-state index in [0.717, 1.165) is 5.56 Å². The number of benzene rings is 3. The number of alkyl carbamates (subject to hydrolysis) is 1. The average Bonchev–Trinajstić information content (AvgIpc) is 2.90. The number of hydrogen-bond acceptors (Lipinski definition) is 6. The van der Waals surface area contributed by atoms with Crippen LogP contribution in [-0.4, -0.2) is 57.8 Å². The number of carbonyl (C=O) groups excluding carboxylic acids is 3. The van der Waals surface area contributed by atoms with Crippen LogP contribution in [0.4, 0.5) is 10.5 Å². The molecule has 0 radical (unpaired) electrons. The van der Waals surface area contributed by atoms with Crippen LogP contribution < -0.4 is 10.6 Å². The van der Waals surface area contributed by atoms with Crippen LogP contribution in [0.15, 0.2) is 72.8 Å². The normalized spacial score (nSPS) is 12.6. The summed E-state index contributed by atoms with van der Waals surface area (Å²) in [6, 6.07) is 17.7. The van der Waals surface area contributed by atoms with Crippen LogP contribution in [-0.2, 0) is 20.7 Å². The Kier molecular flexibility index (Phi) is 10.7. The van der Waals surface area contributed by atoms with Crippen molar-refractivity contribution in [1.29, 1.82) is 0 Å². The molecule has 10 heteroatoms. The minimum atomic E-state index is -1.25. The molecule has 0 aliphatic heterocycles. The number of phenols is 1. The highest BCUT2D eigenvalue weighted by Gasteiger charge is 2.36. The molecule has 0 fully saturated rings. The maximum atomic E-state index is 14.2. The molecule has 0 aliphatic carbocycles. The van der Waals surface area contributed by atoms with Gasteiger partial charge in [-0.1, -0.05) is 66.2 Å². The molecule has 2 unspecified atom stereocenters. The molecule has 3 aromatic rings. The quantitative estimate of drug-likeness (QED) is 0.267. The summed E-state index contributed by atoms with van der Waals surface area (Å²) in [5, 5.41) is 25.7. The minimum absolute atomic E-state index is 0.0246. The lowest BCUT2D eigenvalue weighted by Gasteiger charge is -2.34. The molecule has 0 aromatic heterocycles. The summed E-state index contributed by atoms with van der Waals surface area (Å²) >= 11 is 6.37. The number of nitrogens with one attached hydrogen (secondary N) is 2. The van der Waals surface area contributed by atoms with Crippen molar-refractivity contribution in [3.63, 3.8) is 0 Å². The number of amides is 3. The van der Waals surface area contributed by atoms with Crippen LogP contribution in [0.25, 0.3) is 0 Å². The Labute approximate surface area is 245 Å². The van der Waals surface area contributed by atoms with Gasteiger partial charge in [0.25, 0.3) is 5.91 Å². The summed E-state index contributed by atoms with van der Waals surface area (Å²) in [6.45, 7) is 6.24. The highest BCUT2D eigenvalue weighted by Crippen LogP contribution is 2.30. The first-order valence-corrected chi connectivity index (χ1v) is 13.6. The third-order valence-corrected chi connectivity index (χ3v) is 6.45. The predicted octanol–water partition coefficient (Wildman–Crippen LogP) is 4.99. The first kappa shape index (κ1) is 31.4. The molecule has 0 heterocycles. The molecule has 0 bridgehead atoms. The Morgan fingerprint density at radius 2 is 1.63 bits per heavy atom. The summed E-state index contributed by atoms with van der Waals surface area (Å²) in [4.78, 5) is 42.1. The standard InChI is InChI=1S/C31H36ClN3O6/c1-20-9-8-12-24(32)26(20)34-28(38)27(22-13-15-23(37)16-14-22)35(17-18-36)29(39)25(19-21-10-6-5-7-11-21)33-30(40)41-31(2,3)4/h5-16,25,27,36-37H,17-19H2,1-4H3,(H,33,40)(H,34,38). The molecule has 3 rings (SSSR count). The number of nitrogens with zero attached hydrogens (tertiary/aromatic N) is 1. The molecule has 0 saturated heterocycles. The van der Waals surface area contributed by atoms with Crippen LogP contribution in [0.5, 0.6) is 5.75 Å².